The molecule has 2 aromatic rings. The topological polar surface area (TPSA) is 58.6 Å². The third kappa shape index (κ3) is 7.41. The highest BCUT2D eigenvalue weighted by Gasteiger charge is 2.26. The highest BCUT2D eigenvalue weighted by atomic mass is 32.2. The molecular formula is C24H32N2O3S. The first-order valence-electron chi connectivity index (χ1n) is 10.2. The summed E-state index contributed by atoms with van der Waals surface area (Å²) in [5, 5.41) is 2.94. The zero-order valence-corrected chi connectivity index (χ0v) is 19.3. The van der Waals surface area contributed by atoms with Gasteiger partial charge in [-0.3, -0.25) is 9.59 Å². The van der Waals surface area contributed by atoms with Gasteiger partial charge in [0.05, 0.1) is 12.9 Å². The number of nitrogens with one attached hydrogen (secondary N) is 1. The number of benzene rings is 2. The number of ether oxygens (including phenoxy) is 1. The number of hydrogen-bond acceptors (Lipinski definition) is 4. The average Bonchev–Trinajstić information content (AvgIpc) is 2.75. The fourth-order valence-electron chi connectivity index (χ4n) is 2.83. The minimum atomic E-state index is -0.558. The van der Waals surface area contributed by atoms with Crippen LogP contribution in [0.4, 0.5) is 0 Å². The van der Waals surface area contributed by atoms with Crippen LogP contribution in [0.25, 0.3) is 0 Å². The van der Waals surface area contributed by atoms with Crippen molar-refractivity contribution in [2.24, 2.45) is 5.92 Å². The first-order chi connectivity index (χ1) is 14.3. The Morgan fingerprint density at radius 2 is 1.67 bits per heavy atom. The Bertz CT molecular complexity index is 819. The van der Waals surface area contributed by atoms with Crippen LogP contribution in [0.1, 0.15) is 31.9 Å². The Kier molecular flexibility index (Phi) is 9.24. The number of nitrogens with zero attached hydrogens (tertiary/aromatic N) is 1. The van der Waals surface area contributed by atoms with Crippen LogP contribution in [0.5, 0.6) is 5.75 Å². The minimum absolute atomic E-state index is 0.0661. The Morgan fingerprint density at radius 1 is 1.03 bits per heavy atom. The fourth-order valence-corrected chi connectivity index (χ4v) is 3.61. The molecule has 30 heavy (non-hydrogen) atoms. The third-order valence-corrected chi connectivity index (χ3v) is 5.74. The van der Waals surface area contributed by atoms with E-state index < -0.39 is 6.04 Å². The smallest absolute Gasteiger partial charge is 0.242 e. The van der Waals surface area contributed by atoms with Gasteiger partial charge >= 0.3 is 0 Å². The molecule has 0 saturated carbocycles. The summed E-state index contributed by atoms with van der Waals surface area (Å²) in [5.41, 5.74) is 2.13. The van der Waals surface area contributed by atoms with E-state index in [0.717, 1.165) is 16.2 Å². The zero-order chi connectivity index (χ0) is 22.1. The summed E-state index contributed by atoms with van der Waals surface area (Å²) in [5.74, 6) is 1.19. The lowest BCUT2D eigenvalue weighted by Crippen LogP contribution is -2.48. The van der Waals surface area contributed by atoms with Gasteiger partial charge in [-0.05, 0) is 49.6 Å². The molecule has 0 radical (unpaired) electrons. The Balaban J connectivity index is 2.12. The first-order valence-corrected chi connectivity index (χ1v) is 11.2. The quantitative estimate of drug-likeness (QED) is 0.574. The van der Waals surface area contributed by atoms with E-state index in [1.54, 1.807) is 18.9 Å². The van der Waals surface area contributed by atoms with Crippen LogP contribution in [0.3, 0.4) is 0 Å². The Morgan fingerprint density at radius 3 is 2.23 bits per heavy atom. The normalized spacial score (nSPS) is 11.8. The summed E-state index contributed by atoms with van der Waals surface area (Å²) in [6.45, 7) is 8.87. The van der Waals surface area contributed by atoms with Crippen LogP contribution in [0.15, 0.2) is 53.4 Å². The molecule has 1 N–H and O–H groups in total. The molecule has 0 aromatic heterocycles. The van der Waals surface area contributed by atoms with Gasteiger partial charge in [0.1, 0.15) is 11.8 Å². The van der Waals surface area contributed by atoms with E-state index in [2.05, 4.69) is 5.32 Å². The minimum Gasteiger partial charge on any atom is -0.497 e. The highest BCUT2D eigenvalue weighted by Crippen LogP contribution is 2.21. The van der Waals surface area contributed by atoms with Crippen LogP contribution in [0, 0.1) is 12.8 Å². The number of hydrogen-bond donors (Lipinski definition) is 1. The number of carbonyl (C=O) groups excluding carboxylic acids is 2. The van der Waals surface area contributed by atoms with E-state index in [9.17, 15) is 9.59 Å². The molecule has 0 aliphatic carbocycles. The van der Waals surface area contributed by atoms with E-state index in [4.69, 9.17) is 4.74 Å². The van der Waals surface area contributed by atoms with Gasteiger partial charge in [0.25, 0.3) is 0 Å². The number of carbonyl (C=O) groups is 2. The molecule has 2 rings (SSSR count). The molecule has 0 saturated heterocycles. The van der Waals surface area contributed by atoms with Crippen molar-refractivity contribution in [3.63, 3.8) is 0 Å². The van der Waals surface area contributed by atoms with E-state index >= 15 is 0 Å². The predicted octanol–water partition coefficient (Wildman–Crippen LogP) is 4.29. The summed E-state index contributed by atoms with van der Waals surface area (Å²) < 4.78 is 5.21. The molecule has 0 bridgehead atoms. The lowest BCUT2D eigenvalue weighted by molar-refractivity contribution is -0.138. The number of methoxy groups -OCH3 is 1. The zero-order valence-electron chi connectivity index (χ0n) is 18.5. The summed E-state index contributed by atoms with van der Waals surface area (Å²) in [7, 11) is 1.62. The monoisotopic (exact) mass is 428 g/mol. The van der Waals surface area contributed by atoms with Crippen LogP contribution < -0.4 is 10.1 Å². The maximum atomic E-state index is 13.1. The molecule has 1 atom stereocenters. The van der Waals surface area contributed by atoms with Crippen LogP contribution in [-0.2, 0) is 16.1 Å². The van der Waals surface area contributed by atoms with Gasteiger partial charge in [-0.15, -0.1) is 11.8 Å². The van der Waals surface area contributed by atoms with Crippen molar-refractivity contribution in [3.8, 4) is 5.75 Å². The Labute approximate surface area is 184 Å². The number of amides is 2. The molecular weight excluding hydrogens is 396 g/mol. The van der Waals surface area contributed by atoms with Crippen molar-refractivity contribution in [2.75, 3.05) is 19.4 Å². The molecule has 5 nitrogen and oxygen atoms in total. The second-order valence-electron chi connectivity index (χ2n) is 7.79. The van der Waals surface area contributed by atoms with Gasteiger partial charge in [-0.1, -0.05) is 43.7 Å². The average molecular weight is 429 g/mol. The Hall–Kier alpha value is -2.47. The first kappa shape index (κ1) is 23.8. The largest absolute Gasteiger partial charge is 0.497 e. The molecule has 0 aliphatic heterocycles. The molecule has 2 aromatic carbocycles. The number of rotatable bonds is 10. The van der Waals surface area contributed by atoms with Crippen molar-refractivity contribution < 1.29 is 14.3 Å². The summed E-state index contributed by atoms with van der Waals surface area (Å²) in [4.78, 5) is 28.4. The molecule has 0 heterocycles. The van der Waals surface area contributed by atoms with Crippen molar-refractivity contribution in [3.05, 3.63) is 59.7 Å². The molecule has 0 aliphatic rings. The predicted molar refractivity (Wildman–Crippen MR) is 123 cm³/mol. The molecule has 0 fully saturated rings. The van der Waals surface area contributed by atoms with Gasteiger partial charge in [0.15, 0.2) is 0 Å². The fraction of sp³-hybridized carbons (Fsp3) is 0.417. The highest BCUT2D eigenvalue weighted by molar-refractivity contribution is 8.00. The SMILES string of the molecule is COc1ccc(CN(C(=O)CSc2ccc(C)cc2)[C@H](C)C(=O)NCC(C)C)cc1. The van der Waals surface area contributed by atoms with E-state index in [1.165, 1.54) is 17.3 Å². The van der Waals surface area contributed by atoms with E-state index in [-0.39, 0.29) is 17.6 Å². The number of thioether (sulfide) groups is 1. The summed E-state index contributed by atoms with van der Waals surface area (Å²) in [6.07, 6.45) is 0. The molecule has 2 amide bonds. The van der Waals surface area contributed by atoms with Gasteiger partial charge in [0.2, 0.25) is 11.8 Å². The van der Waals surface area contributed by atoms with E-state index in [0.29, 0.717) is 19.0 Å². The van der Waals surface area contributed by atoms with Crippen molar-refractivity contribution in [2.45, 2.75) is 45.2 Å². The molecule has 0 spiro atoms. The van der Waals surface area contributed by atoms with Gasteiger partial charge in [-0.2, -0.15) is 0 Å². The van der Waals surface area contributed by atoms with Crippen molar-refractivity contribution in [1.29, 1.82) is 0 Å². The molecule has 162 valence electrons. The van der Waals surface area contributed by atoms with Crippen LogP contribution in [-0.4, -0.2) is 42.2 Å². The van der Waals surface area contributed by atoms with Crippen molar-refractivity contribution in [1.82, 2.24) is 10.2 Å². The lowest BCUT2D eigenvalue weighted by atomic mass is 10.1. The third-order valence-electron chi connectivity index (χ3n) is 4.75. The second-order valence-corrected chi connectivity index (χ2v) is 8.84. The second kappa shape index (κ2) is 11.6. The van der Waals surface area contributed by atoms with Gasteiger partial charge < -0.3 is 15.0 Å². The summed E-state index contributed by atoms with van der Waals surface area (Å²) in [6, 6.07) is 15.1. The van der Waals surface area contributed by atoms with Crippen molar-refractivity contribution >= 4 is 23.6 Å². The summed E-state index contributed by atoms with van der Waals surface area (Å²) >= 11 is 1.49. The maximum absolute atomic E-state index is 13.1. The van der Waals surface area contributed by atoms with Crippen LogP contribution >= 0.6 is 11.8 Å². The van der Waals surface area contributed by atoms with Crippen LogP contribution in [0.2, 0.25) is 0 Å². The van der Waals surface area contributed by atoms with E-state index in [1.807, 2.05) is 69.3 Å². The molecule has 6 heteroatoms. The standard InChI is InChI=1S/C24H32N2O3S/c1-17(2)14-25-24(28)19(4)26(15-20-8-10-21(29-5)11-9-20)23(27)16-30-22-12-6-18(3)7-13-22/h6-13,17,19H,14-16H2,1-5H3,(H,25,28)/t19-/m1/s1. The maximum Gasteiger partial charge on any atom is 0.242 e. The molecule has 0 unspecified atom stereocenters. The van der Waals surface area contributed by atoms with Gasteiger partial charge in [0, 0.05) is 18.0 Å². The lowest BCUT2D eigenvalue weighted by Gasteiger charge is -2.29. The van der Waals surface area contributed by atoms with Gasteiger partial charge in [-0.25, -0.2) is 0 Å². The number of aryl methyl sites for hydroxylation is 1.